The molecule has 3 rings (SSSR count). The van der Waals surface area contributed by atoms with Crippen molar-refractivity contribution in [2.75, 3.05) is 38.6 Å². The van der Waals surface area contributed by atoms with E-state index in [1.54, 1.807) is 17.9 Å². The maximum Gasteiger partial charge on any atom is 0.262 e. The molecule has 0 aromatic heterocycles. The summed E-state index contributed by atoms with van der Waals surface area (Å²) in [5.41, 5.74) is 1.20. The first-order valence-electron chi connectivity index (χ1n) is 10.7. The smallest absolute Gasteiger partial charge is 0.262 e. The molecule has 1 saturated heterocycles. The van der Waals surface area contributed by atoms with Gasteiger partial charge in [0, 0.05) is 31.3 Å². The lowest BCUT2D eigenvalue weighted by Gasteiger charge is -2.33. The van der Waals surface area contributed by atoms with Crippen molar-refractivity contribution in [3.63, 3.8) is 0 Å². The van der Waals surface area contributed by atoms with Gasteiger partial charge in [0.2, 0.25) is 0 Å². The molecule has 0 spiro atoms. The number of carbonyl (C=O) groups is 1. The van der Waals surface area contributed by atoms with Crippen LogP contribution in [0.4, 0.5) is 5.69 Å². The Balaban J connectivity index is 1.89. The minimum atomic E-state index is -4.03. The summed E-state index contributed by atoms with van der Waals surface area (Å²) >= 11 is 6.17. The Morgan fingerprint density at radius 3 is 2.58 bits per heavy atom. The zero-order chi connectivity index (χ0) is 24.2. The Bertz CT molecular complexity index is 1120. The number of ether oxygens (including phenoxy) is 3. The van der Waals surface area contributed by atoms with E-state index >= 15 is 0 Å². The second-order valence-electron chi connectivity index (χ2n) is 7.74. The molecule has 0 bridgehead atoms. The van der Waals surface area contributed by atoms with Crippen LogP contribution < -0.4 is 14.2 Å². The number of hydrogen-bond acceptors (Lipinski definition) is 6. The number of nitrogens with zero attached hydrogens (tertiary/aromatic N) is 1. The highest BCUT2D eigenvalue weighted by Gasteiger charge is 2.27. The third-order valence-corrected chi connectivity index (χ3v) is 7.19. The summed E-state index contributed by atoms with van der Waals surface area (Å²) in [6.07, 6.45) is 1.74. The number of hydrogen-bond donors (Lipinski definition) is 1. The SMILES string of the molecule is CCOC1CCCN(C(=O)c2cc(S(=O)(=O)Nc3cc(Cl)c(OC)cc3OC)ccc2C)C1. The summed E-state index contributed by atoms with van der Waals surface area (Å²) in [6, 6.07) is 7.41. The minimum absolute atomic E-state index is 0.00567. The highest BCUT2D eigenvalue weighted by Crippen LogP contribution is 2.37. The van der Waals surface area contributed by atoms with Gasteiger partial charge in [-0.3, -0.25) is 9.52 Å². The summed E-state index contributed by atoms with van der Waals surface area (Å²) in [5, 5.41) is 0.227. The fraction of sp³-hybridized carbons (Fsp3) is 0.435. The molecule has 2 aromatic rings. The molecular weight excluding hydrogens is 468 g/mol. The topological polar surface area (TPSA) is 94.2 Å². The predicted octanol–water partition coefficient (Wildman–Crippen LogP) is 4.11. The van der Waals surface area contributed by atoms with Crippen molar-refractivity contribution < 1.29 is 27.4 Å². The van der Waals surface area contributed by atoms with Crippen molar-refractivity contribution in [1.29, 1.82) is 0 Å². The number of halogens is 1. The van der Waals surface area contributed by atoms with Crippen LogP contribution in [0.2, 0.25) is 5.02 Å². The Kier molecular flexibility index (Phi) is 8.10. The Labute approximate surface area is 199 Å². The van der Waals surface area contributed by atoms with Gasteiger partial charge < -0.3 is 19.1 Å². The zero-order valence-corrected chi connectivity index (χ0v) is 20.8. The van der Waals surface area contributed by atoms with E-state index in [0.29, 0.717) is 36.6 Å². The first-order valence-corrected chi connectivity index (χ1v) is 12.5. The van der Waals surface area contributed by atoms with Crippen LogP contribution in [0, 0.1) is 6.92 Å². The van der Waals surface area contributed by atoms with Gasteiger partial charge >= 0.3 is 0 Å². The summed E-state index contributed by atoms with van der Waals surface area (Å²) < 4.78 is 44.9. The number of likely N-dealkylation sites (tertiary alicyclic amines) is 1. The van der Waals surface area contributed by atoms with Gasteiger partial charge in [-0.15, -0.1) is 0 Å². The van der Waals surface area contributed by atoms with Crippen LogP contribution in [0.25, 0.3) is 0 Å². The second kappa shape index (κ2) is 10.6. The Hall–Kier alpha value is -2.49. The van der Waals surface area contributed by atoms with Crippen molar-refractivity contribution in [2.45, 2.75) is 37.7 Å². The maximum absolute atomic E-state index is 13.2. The predicted molar refractivity (Wildman–Crippen MR) is 127 cm³/mol. The Morgan fingerprint density at radius 2 is 1.91 bits per heavy atom. The molecule has 1 heterocycles. The monoisotopic (exact) mass is 496 g/mol. The van der Waals surface area contributed by atoms with Crippen LogP contribution in [0.3, 0.4) is 0 Å². The van der Waals surface area contributed by atoms with E-state index in [2.05, 4.69) is 4.72 Å². The van der Waals surface area contributed by atoms with Crippen LogP contribution in [-0.2, 0) is 14.8 Å². The van der Waals surface area contributed by atoms with E-state index in [4.69, 9.17) is 25.8 Å². The molecule has 0 saturated carbocycles. The molecule has 2 aromatic carbocycles. The number of anilines is 1. The number of benzene rings is 2. The van der Waals surface area contributed by atoms with Crippen molar-refractivity contribution in [1.82, 2.24) is 4.90 Å². The van der Waals surface area contributed by atoms with Crippen molar-refractivity contribution >= 4 is 33.2 Å². The molecular formula is C23H29ClN2O6S. The lowest BCUT2D eigenvalue weighted by Crippen LogP contribution is -2.43. The van der Waals surface area contributed by atoms with Crippen molar-refractivity contribution in [3.8, 4) is 11.5 Å². The van der Waals surface area contributed by atoms with E-state index < -0.39 is 10.0 Å². The van der Waals surface area contributed by atoms with Crippen molar-refractivity contribution in [2.24, 2.45) is 0 Å². The molecule has 180 valence electrons. The number of methoxy groups -OCH3 is 2. The minimum Gasteiger partial charge on any atom is -0.495 e. The van der Waals surface area contributed by atoms with Gasteiger partial charge in [-0.25, -0.2) is 8.42 Å². The number of amides is 1. The quantitative estimate of drug-likeness (QED) is 0.591. The van der Waals surface area contributed by atoms with Gasteiger partial charge in [0.15, 0.2) is 0 Å². The first kappa shape index (κ1) is 25.1. The number of piperidine rings is 1. The summed E-state index contributed by atoms with van der Waals surface area (Å²) in [5.74, 6) is 0.393. The summed E-state index contributed by atoms with van der Waals surface area (Å²) in [7, 11) is -1.16. The van der Waals surface area contributed by atoms with E-state index in [-0.39, 0.29) is 33.4 Å². The number of aryl methyl sites for hydroxylation is 1. The van der Waals surface area contributed by atoms with E-state index in [0.717, 1.165) is 12.8 Å². The third-order valence-electron chi connectivity index (χ3n) is 5.54. The average molecular weight is 497 g/mol. The van der Waals surface area contributed by atoms with E-state index in [9.17, 15) is 13.2 Å². The molecule has 10 heteroatoms. The summed E-state index contributed by atoms with van der Waals surface area (Å²) in [6.45, 7) is 5.40. The molecule has 1 unspecified atom stereocenters. The fourth-order valence-corrected chi connectivity index (χ4v) is 5.13. The first-order chi connectivity index (χ1) is 15.7. The highest BCUT2D eigenvalue weighted by atomic mass is 35.5. The number of nitrogens with one attached hydrogen (secondary N) is 1. The van der Waals surface area contributed by atoms with E-state index in [1.807, 2.05) is 6.92 Å². The average Bonchev–Trinajstić information content (AvgIpc) is 2.79. The molecule has 1 aliphatic rings. The third kappa shape index (κ3) is 5.72. The van der Waals surface area contributed by atoms with Gasteiger partial charge in [-0.05, 0) is 50.5 Å². The van der Waals surface area contributed by atoms with Crippen LogP contribution in [0.5, 0.6) is 11.5 Å². The van der Waals surface area contributed by atoms with Gasteiger partial charge in [-0.1, -0.05) is 17.7 Å². The van der Waals surface area contributed by atoms with Gasteiger partial charge in [0.05, 0.1) is 35.9 Å². The molecule has 33 heavy (non-hydrogen) atoms. The number of rotatable bonds is 8. The number of sulfonamides is 1. The highest BCUT2D eigenvalue weighted by molar-refractivity contribution is 7.92. The molecule has 1 aliphatic heterocycles. The normalized spacial score (nSPS) is 16.4. The second-order valence-corrected chi connectivity index (χ2v) is 9.83. The molecule has 1 N–H and O–H groups in total. The van der Waals surface area contributed by atoms with Gasteiger partial charge in [0.25, 0.3) is 15.9 Å². The Morgan fingerprint density at radius 1 is 1.18 bits per heavy atom. The molecule has 8 nitrogen and oxygen atoms in total. The van der Waals surface area contributed by atoms with Crippen LogP contribution in [0.15, 0.2) is 35.2 Å². The maximum atomic E-state index is 13.2. The molecule has 1 amide bonds. The van der Waals surface area contributed by atoms with Gasteiger partial charge in [-0.2, -0.15) is 0 Å². The fourth-order valence-electron chi connectivity index (χ4n) is 3.81. The van der Waals surface area contributed by atoms with Crippen molar-refractivity contribution in [3.05, 3.63) is 46.5 Å². The largest absolute Gasteiger partial charge is 0.495 e. The van der Waals surface area contributed by atoms with E-state index in [1.165, 1.54) is 38.5 Å². The van der Waals surface area contributed by atoms with Crippen LogP contribution >= 0.6 is 11.6 Å². The standard InChI is InChI=1S/C23H29ClN2O6S/c1-5-32-16-7-6-10-26(14-16)23(27)18-11-17(9-8-15(18)2)33(28,29)25-20-12-19(24)21(30-3)13-22(20)31-4/h8-9,11-13,16,25H,5-7,10,14H2,1-4H3. The van der Waals surface area contributed by atoms with Crippen LogP contribution in [0.1, 0.15) is 35.7 Å². The lowest BCUT2D eigenvalue weighted by molar-refractivity contribution is 0.00720. The zero-order valence-electron chi connectivity index (χ0n) is 19.2. The molecule has 1 fully saturated rings. The lowest BCUT2D eigenvalue weighted by atomic mass is 10.0. The van der Waals surface area contributed by atoms with Crippen LogP contribution in [-0.4, -0.2) is 59.2 Å². The number of carbonyl (C=O) groups excluding carboxylic acids is 1. The molecule has 0 aliphatic carbocycles. The summed E-state index contributed by atoms with van der Waals surface area (Å²) in [4.78, 5) is 14.9. The molecule has 1 atom stereocenters. The van der Waals surface area contributed by atoms with Gasteiger partial charge in [0.1, 0.15) is 11.5 Å². The molecule has 0 radical (unpaired) electrons.